The van der Waals surface area contributed by atoms with E-state index in [2.05, 4.69) is 22.5 Å². The largest absolute Gasteiger partial charge is 0.326 e. The van der Waals surface area contributed by atoms with E-state index in [1.165, 1.54) is 0 Å². The van der Waals surface area contributed by atoms with Crippen LogP contribution in [0.2, 0.25) is 0 Å². The lowest BCUT2D eigenvalue weighted by Crippen LogP contribution is -2.28. The van der Waals surface area contributed by atoms with Crippen molar-refractivity contribution in [3.8, 4) is 0 Å². The van der Waals surface area contributed by atoms with Gasteiger partial charge in [0.25, 0.3) is 0 Å². The second-order valence-electron chi connectivity index (χ2n) is 6.32. The van der Waals surface area contributed by atoms with E-state index in [1.54, 1.807) is 16.2 Å². The van der Waals surface area contributed by atoms with Crippen LogP contribution >= 0.6 is 11.3 Å². The Balaban J connectivity index is 1.51. The molecule has 1 aliphatic heterocycles. The Morgan fingerprint density at radius 2 is 2.08 bits per heavy atom. The maximum Gasteiger partial charge on any atom is 0.320 e. The van der Waals surface area contributed by atoms with Crippen molar-refractivity contribution in [3.05, 3.63) is 46.2 Å². The van der Waals surface area contributed by atoms with Crippen LogP contribution < -0.4 is 0 Å². The number of hydrogen-bond donors (Lipinski definition) is 0. The number of fused-ring (bicyclic) bond motifs is 1. The predicted octanol–water partition coefficient (Wildman–Crippen LogP) is 3.55. The summed E-state index contributed by atoms with van der Waals surface area (Å²) in [6, 6.07) is 8.26. The number of imidazole rings is 1. The Labute approximate surface area is 156 Å². The molecule has 2 aromatic heterocycles. The molecule has 7 heteroatoms. The third kappa shape index (κ3) is 3.10. The SMILES string of the molecule is CCn1c(/C=C/c2cnc(CN3CCN(C)C3=O)s2)nc2ccccc21. The van der Waals surface area contributed by atoms with Crippen LogP contribution in [0.3, 0.4) is 0 Å². The Bertz CT molecular complexity index is 973. The molecule has 3 heterocycles. The highest BCUT2D eigenvalue weighted by Crippen LogP contribution is 2.21. The van der Waals surface area contributed by atoms with Crippen LogP contribution in [0, 0.1) is 0 Å². The summed E-state index contributed by atoms with van der Waals surface area (Å²) in [6.07, 6.45) is 5.95. The number of likely N-dealkylation sites (N-methyl/N-ethyl adjacent to an activating group) is 1. The second-order valence-corrected chi connectivity index (χ2v) is 7.47. The molecule has 0 unspecified atom stereocenters. The normalized spacial score (nSPS) is 15.1. The van der Waals surface area contributed by atoms with Crippen LogP contribution in [0.15, 0.2) is 30.5 Å². The van der Waals surface area contributed by atoms with Gasteiger partial charge in [0.1, 0.15) is 10.8 Å². The molecule has 3 aromatic rings. The molecule has 2 amide bonds. The highest BCUT2D eigenvalue weighted by atomic mass is 32.1. The number of hydrogen-bond acceptors (Lipinski definition) is 4. The van der Waals surface area contributed by atoms with Crippen molar-refractivity contribution in [1.29, 1.82) is 0 Å². The van der Waals surface area contributed by atoms with E-state index >= 15 is 0 Å². The maximum atomic E-state index is 12.0. The van der Waals surface area contributed by atoms with Gasteiger partial charge < -0.3 is 14.4 Å². The molecule has 1 aromatic carbocycles. The summed E-state index contributed by atoms with van der Waals surface area (Å²) < 4.78 is 2.20. The number of benzene rings is 1. The van der Waals surface area contributed by atoms with Gasteiger partial charge >= 0.3 is 6.03 Å². The first kappa shape index (κ1) is 16.8. The molecule has 0 spiro atoms. The van der Waals surface area contributed by atoms with E-state index in [-0.39, 0.29) is 6.03 Å². The van der Waals surface area contributed by atoms with E-state index in [0.29, 0.717) is 6.54 Å². The van der Waals surface area contributed by atoms with Gasteiger partial charge in [-0.05, 0) is 31.2 Å². The Kier molecular flexibility index (Phi) is 4.46. The van der Waals surface area contributed by atoms with Crippen molar-refractivity contribution in [2.45, 2.75) is 20.0 Å². The monoisotopic (exact) mass is 367 g/mol. The van der Waals surface area contributed by atoms with E-state index in [1.807, 2.05) is 48.5 Å². The molecule has 0 bridgehead atoms. The van der Waals surface area contributed by atoms with Gasteiger partial charge in [-0.3, -0.25) is 0 Å². The molecule has 0 radical (unpaired) electrons. The lowest BCUT2D eigenvalue weighted by molar-refractivity contribution is 0.197. The zero-order valence-electron chi connectivity index (χ0n) is 14.9. The van der Waals surface area contributed by atoms with Gasteiger partial charge in [0, 0.05) is 37.8 Å². The van der Waals surface area contributed by atoms with Gasteiger partial charge in [-0.15, -0.1) is 11.3 Å². The minimum atomic E-state index is 0.0777. The van der Waals surface area contributed by atoms with E-state index in [0.717, 1.165) is 46.4 Å². The molecule has 0 aliphatic carbocycles. The van der Waals surface area contributed by atoms with Gasteiger partial charge in [0.15, 0.2) is 0 Å². The van der Waals surface area contributed by atoms with Crippen molar-refractivity contribution in [1.82, 2.24) is 24.3 Å². The van der Waals surface area contributed by atoms with Gasteiger partial charge in [-0.2, -0.15) is 0 Å². The van der Waals surface area contributed by atoms with Crippen molar-refractivity contribution in [3.63, 3.8) is 0 Å². The van der Waals surface area contributed by atoms with Crippen LogP contribution in [0.5, 0.6) is 0 Å². The fourth-order valence-corrected chi connectivity index (χ4v) is 4.04. The summed E-state index contributed by atoms with van der Waals surface area (Å²) >= 11 is 1.62. The minimum Gasteiger partial charge on any atom is -0.326 e. The molecule has 1 saturated heterocycles. The highest BCUT2D eigenvalue weighted by Gasteiger charge is 2.25. The molecule has 4 rings (SSSR count). The number of carbonyl (C=O) groups excluding carboxylic acids is 1. The Morgan fingerprint density at radius 3 is 2.85 bits per heavy atom. The molecule has 1 fully saturated rings. The molecule has 1 aliphatic rings. The van der Waals surface area contributed by atoms with Crippen LogP contribution in [0.4, 0.5) is 4.79 Å². The summed E-state index contributed by atoms with van der Waals surface area (Å²) in [7, 11) is 1.83. The van der Waals surface area contributed by atoms with Crippen LogP contribution in [-0.2, 0) is 13.1 Å². The lowest BCUT2D eigenvalue weighted by atomic mass is 10.3. The summed E-state index contributed by atoms with van der Waals surface area (Å²) in [5.74, 6) is 0.944. The number of para-hydroxylation sites is 2. The summed E-state index contributed by atoms with van der Waals surface area (Å²) in [5.41, 5.74) is 2.16. The minimum absolute atomic E-state index is 0.0777. The summed E-state index contributed by atoms with van der Waals surface area (Å²) in [4.78, 5) is 25.8. The number of thiazole rings is 1. The zero-order chi connectivity index (χ0) is 18.1. The molecule has 6 nitrogen and oxygen atoms in total. The first-order valence-electron chi connectivity index (χ1n) is 8.74. The number of amides is 2. The average molecular weight is 367 g/mol. The fourth-order valence-electron chi connectivity index (χ4n) is 3.20. The van der Waals surface area contributed by atoms with Gasteiger partial charge in [0.05, 0.1) is 17.6 Å². The average Bonchev–Trinajstić information content (AvgIpc) is 3.33. The van der Waals surface area contributed by atoms with Crippen molar-refractivity contribution < 1.29 is 4.79 Å². The predicted molar refractivity (Wildman–Crippen MR) is 105 cm³/mol. The summed E-state index contributed by atoms with van der Waals surface area (Å²) in [5, 5.41) is 0.956. The van der Waals surface area contributed by atoms with Gasteiger partial charge in [-0.1, -0.05) is 12.1 Å². The topological polar surface area (TPSA) is 54.3 Å². The number of urea groups is 1. The van der Waals surface area contributed by atoms with E-state index < -0.39 is 0 Å². The Morgan fingerprint density at radius 1 is 1.23 bits per heavy atom. The van der Waals surface area contributed by atoms with Crippen molar-refractivity contribution in [2.75, 3.05) is 20.1 Å². The van der Waals surface area contributed by atoms with E-state index in [9.17, 15) is 4.79 Å². The maximum absolute atomic E-state index is 12.0. The zero-order valence-corrected chi connectivity index (χ0v) is 15.7. The molecule has 134 valence electrons. The van der Waals surface area contributed by atoms with Crippen LogP contribution in [-0.4, -0.2) is 50.5 Å². The first-order valence-corrected chi connectivity index (χ1v) is 9.55. The van der Waals surface area contributed by atoms with Crippen LogP contribution in [0.25, 0.3) is 23.2 Å². The quantitative estimate of drug-likeness (QED) is 0.693. The van der Waals surface area contributed by atoms with E-state index in [4.69, 9.17) is 4.98 Å². The second kappa shape index (κ2) is 6.92. The van der Waals surface area contributed by atoms with Gasteiger partial charge in [0.2, 0.25) is 0 Å². The lowest BCUT2D eigenvalue weighted by Gasteiger charge is -2.13. The third-order valence-corrected chi connectivity index (χ3v) is 5.54. The van der Waals surface area contributed by atoms with Crippen LogP contribution in [0.1, 0.15) is 22.6 Å². The van der Waals surface area contributed by atoms with Gasteiger partial charge in [-0.25, -0.2) is 14.8 Å². The highest BCUT2D eigenvalue weighted by molar-refractivity contribution is 7.12. The molecular weight excluding hydrogens is 346 g/mol. The molecule has 0 atom stereocenters. The molecule has 26 heavy (non-hydrogen) atoms. The number of aromatic nitrogens is 3. The molecule has 0 N–H and O–H groups in total. The van der Waals surface area contributed by atoms with Crippen molar-refractivity contribution in [2.24, 2.45) is 0 Å². The first-order chi connectivity index (χ1) is 12.7. The molecular formula is C19H21N5OS. The third-order valence-electron chi connectivity index (χ3n) is 4.60. The Hall–Kier alpha value is -2.67. The number of rotatable bonds is 5. The standard InChI is InChI=1S/C19H21N5OS/c1-3-24-16-7-5-4-6-15(16)21-17(24)9-8-14-12-20-18(26-14)13-23-11-10-22(2)19(23)25/h4-9,12H,3,10-11,13H2,1-2H3/b9-8+. The molecule has 0 saturated carbocycles. The fraction of sp³-hybridized carbons (Fsp3) is 0.316. The number of carbonyl (C=O) groups is 1. The smallest absolute Gasteiger partial charge is 0.320 e. The summed E-state index contributed by atoms with van der Waals surface area (Å²) in [6.45, 7) is 5.12. The number of nitrogens with zero attached hydrogens (tertiary/aromatic N) is 5. The number of aryl methyl sites for hydroxylation is 1. The van der Waals surface area contributed by atoms with Crippen molar-refractivity contribution >= 4 is 40.6 Å².